The van der Waals surface area contributed by atoms with Crippen LogP contribution in [-0.2, 0) is 41.9 Å². The number of ether oxygens (including phenoxy) is 2. The number of sulfonamides is 1. The molecule has 0 bridgehead atoms. The molecule has 1 amide bonds. The number of hydrogen-bond acceptors (Lipinski definition) is 9. The third kappa shape index (κ3) is 4.76. The predicted octanol–water partition coefficient (Wildman–Crippen LogP) is 1.63. The minimum Gasteiger partial charge on any atom is -0.462 e. The first-order valence-corrected chi connectivity index (χ1v) is 12.5. The van der Waals surface area contributed by atoms with E-state index in [9.17, 15) is 22.8 Å². The Morgan fingerprint density at radius 3 is 2.76 bits per heavy atom. The van der Waals surface area contributed by atoms with Crippen molar-refractivity contribution in [3.05, 3.63) is 45.8 Å². The minimum atomic E-state index is -3.71. The van der Waals surface area contributed by atoms with Crippen molar-refractivity contribution in [2.45, 2.75) is 31.1 Å². The van der Waals surface area contributed by atoms with Gasteiger partial charge in [-0.05, 0) is 43.9 Å². The molecule has 2 aliphatic rings. The fourth-order valence-corrected chi connectivity index (χ4v) is 6.21. The molecule has 33 heavy (non-hydrogen) atoms. The maximum absolute atomic E-state index is 12.4. The van der Waals surface area contributed by atoms with E-state index in [1.165, 1.54) is 17.4 Å². The van der Waals surface area contributed by atoms with Crippen LogP contribution in [0.2, 0.25) is 0 Å². The summed E-state index contributed by atoms with van der Waals surface area (Å²) in [4.78, 5) is 41.8. The molecular weight excluding hydrogens is 470 g/mol. The fourth-order valence-electron chi connectivity index (χ4n) is 3.66. The molecule has 2 aromatic rings. The number of anilines is 1. The zero-order chi connectivity index (χ0) is 23.6. The average Bonchev–Trinajstić information content (AvgIpc) is 3.42. The van der Waals surface area contributed by atoms with Crippen LogP contribution in [0.4, 0.5) is 5.00 Å². The fraction of sp³-hybridized carbons (Fsp3) is 0.333. The Morgan fingerprint density at radius 1 is 1.18 bits per heavy atom. The lowest BCUT2D eigenvalue weighted by Gasteiger charge is -2.08. The van der Waals surface area contributed by atoms with Crippen LogP contribution < -0.4 is 10.0 Å². The molecular formula is C21H21N3O7S2. The minimum absolute atomic E-state index is 0.0409. The number of aryl methyl sites for hydroxylation is 1. The highest BCUT2D eigenvalue weighted by atomic mass is 32.2. The average molecular weight is 492 g/mol. The third-order valence-corrected chi connectivity index (χ3v) is 7.65. The number of esters is 2. The summed E-state index contributed by atoms with van der Waals surface area (Å²) in [5, 5.41) is 3.02. The molecule has 0 unspecified atom stereocenters. The molecule has 1 aliphatic heterocycles. The number of thiophene rings is 1. The van der Waals surface area contributed by atoms with Crippen LogP contribution in [0.15, 0.2) is 34.2 Å². The van der Waals surface area contributed by atoms with Gasteiger partial charge in [-0.1, -0.05) is 12.1 Å². The summed E-state index contributed by atoms with van der Waals surface area (Å²) in [6.07, 6.45) is 2.53. The number of aliphatic imine (C=N–C) groups is 1. The Balaban J connectivity index is 1.35. The normalized spacial score (nSPS) is 16.6. The first-order chi connectivity index (χ1) is 15.8. The van der Waals surface area contributed by atoms with Crippen molar-refractivity contribution < 1.29 is 32.3 Å². The van der Waals surface area contributed by atoms with Gasteiger partial charge in [-0.3, -0.25) is 19.3 Å². The number of fused-ring (bicyclic) bond motifs is 2. The number of amides is 1. The van der Waals surface area contributed by atoms with Gasteiger partial charge in [0.05, 0.1) is 17.1 Å². The lowest BCUT2D eigenvalue weighted by atomic mass is 10.1. The molecule has 12 heteroatoms. The Labute approximate surface area is 194 Å². The molecule has 0 spiro atoms. The third-order valence-electron chi connectivity index (χ3n) is 5.05. The molecule has 4 rings (SSSR count). The molecule has 1 aromatic heterocycles. The van der Waals surface area contributed by atoms with Gasteiger partial charge >= 0.3 is 11.9 Å². The van der Waals surface area contributed by atoms with Crippen LogP contribution >= 0.6 is 11.3 Å². The molecule has 0 radical (unpaired) electrons. The molecule has 2 heterocycles. The van der Waals surface area contributed by atoms with Crippen LogP contribution in [0.1, 0.15) is 39.7 Å². The van der Waals surface area contributed by atoms with Crippen LogP contribution in [0.3, 0.4) is 0 Å². The molecule has 0 saturated heterocycles. The smallest absolute Gasteiger partial charge is 0.341 e. The molecule has 174 valence electrons. The molecule has 2 N–H and O–H groups in total. The lowest BCUT2D eigenvalue weighted by Crippen LogP contribution is -2.25. The SMILES string of the molecule is CCOC(=O)c1c(NC(=O)COC(=O)CN=C2NS(=O)(=O)c3ccccc32)sc2c1CCC2. The van der Waals surface area contributed by atoms with Crippen molar-refractivity contribution in [2.75, 3.05) is 25.1 Å². The van der Waals surface area contributed by atoms with Gasteiger partial charge in [-0.15, -0.1) is 11.3 Å². The van der Waals surface area contributed by atoms with Gasteiger partial charge in [-0.2, -0.15) is 0 Å². The number of nitrogens with one attached hydrogen (secondary N) is 2. The summed E-state index contributed by atoms with van der Waals surface area (Å²) in [6, 6.07) is 6.26. The van der Waals surface area contributed by atoms with Gasteiger partial charge in [0.25, 0.3) is 15.9 Å². The Morgan fingerprint density at radius 2 is 1.97 bits per heavy atom. The number of benzene rings is 1. The van der Waals surface area contributed by atoms with E-state index in [0.717, 1.165) is 29.7 Å². The number of carbonyl (C=O) groups is 3. The van der Waals surface area contributed by atoms with Crippen molar-refractivity contribution in [1.82, 2.24) is 4.72 Å². The van der Waals surface area contributed by atoms with Gasteiger partial charge in [0, 0.05) is 10.4 Å². The molecule has 1 aromatic carbocycles. The van der Waals surface area contributed by atoms with E-state index >= 15 is 0 Å². The van der Waals surface area contributed by atoms with Gasteiger partial charge < -0.3 is 14.8 Å². The standard InChI is InChI=1S/C21H21N3O7S2/c1-2-30-21(27)18-12-7-5-8-14(12)32-20(18)23-16(25)11-31-17(26)10-22-19-13-6-3-4-9-15(13)33(28,29)24-19/h3-4,6,9H,2,5,7-8,10-11H2,1H3,(H,22,24)(H,23,25). The summed E-state index contributed by atoms with van der Waals surface area (Å²) < 4.78 is 36.5. The number of nitrogens with zero attached hydrogens (tertiary/aromatic N) is 1. The second-order valence-corrected chi connectivity index (χ2v) is 10.0. The molecule has 0 saturated carbocycles. The van der Waals surface area contributed by atoms with Crippen molar-refractivity contribution in [3.8, 4) is 0 Å². The first kappa shape index (κ1) is 22.9. The molecule has 0 fully saturated rings. The highest BCUT2D eigenvalue weighted by Gasteiger charge is 2.31. The van der Waals surface area contributed by atoms with Crippen molar-refractivity contribution in [2.24, 2.45) is 4.99 Å². The summed E-state index contributed by atoms with van der Waals surface area (Å²) in [7, 11) is -3.71. The summed E-state index contributed by atoms with van der Waals surface area (Å²) in [5.74, 6) is -1.85. The van der Waals surface area contributed by atoms with Gasteiger partial charge in [0.1, 0.15) is 17.4 Å². The van der Waals surface area contributed by atoms with Crippen LogP contribution in [0, 0.1) is 0 Å². The van der Waals surface area contributed by atoms with E-state index in [1.54, 1.807) is 25.1 Å². The maximum atomic E-state index is 12.4. The number of carbonyl (C=O) groups excluding carboxylic acids is 3. The second kappa shape index (κ2) is 9.32. The number of amidine groups is 1. The van der Waals surface area contributed by atoms with E-state index < -0.39 is 41.0 Å². The highest BCUT2D eigenvalue weighted by Crippen LogP contribution is 2.39. The van der Waals surface area contributed by atoms with Crippen LogP contribution in [-0.4, -0.2) is 51.9 Å². The Hall–Kier alpha value is -3.25. The predicted molar refractivity (Wildman–Crippen MR) is 120 cm³/mol. The van der Waals surface area contributed by atoms with E-state index in [0.29, 0.717) is 16.1 Å². The molecule has 1 aliphatic carbocycles. The van der Waals surface area contributed by atoms with Crippen molar-refractivity contribution in [1.29, 1.82) is 0 Å². The Kier molecular flexibility index (Phi) is 6.47. The van der Waals surface area contributed by atoms with Crippen LogP contribution in [0.25, 0.3) is 0 Å². The molecule has 0 atom stereocenters. The van der Waals surface area contributed by atoms with Gasteiger partial charge in [0.2, 0.25) is 0 Å². The highest BCUT2D eigenvalue weighted by molar-refractivity contribution is 7.90. The number of hydrogen-bond donors (Lipinski definition) is 2. The number of rotatable bonds is 7. The van der Waals surface area contributed by atoms with E-state index in [-0.39, 0.29) is 17.3 Å². The van der Waals surface area contributed by atoms with Crippen LogP contribution in [0.5, 0.6) is 0 Å². The monoisotopic (exact) mass is 491 g/mol. The van der Waals surface area contributed by atoms with Crippen molar-refractivity contribution in [3.63, 3.8) is 0 Å². The lowest BCUT2D eigenvalue weighted by molar-refractivity contribution is -0.145. The van der Waals surface area contributed by atoms with E-state index in [4.69, 9.17) is 9.47 Å². The van der Waals surface area contributed by atoms with E-state index in [2.05, 4.69) is 15.0 Å². The largest absolute Gasteiger partial charge is 0.462 e. The molecule has 10 nitrogen and oxygen atoms in total. The first-order valence-electron chi connectivity index (χ1n) is 10.2. The van der Waals surface area contributed by atoms with Gasteiger partial charge in [-0.25, -0.2) is 13.2 Å². The second-order valence-electron chi connectivity index (χ2n) is 7.26. The maximum Gasteiger partial charge on any atom is 0.341 e. The quantitative estimate of drug-likeness (QED) is 0.561. The topological polar surface area (TPSA) is 140 Å². The Bertz CT molecular complexity index is 1260. The van der Waals surface area contributed by atoms with Gasteiger partial charge in [0.15, 0.2) is 6.61 Å². The summed E-state index contributed by atoms with van der Waals surface area (Å²) in [6.45, 7) is 0.885. The zero-order valence-electron chi connectivity index (χ0n) is 17.7. The van der Waals surface area contributed by atoms with Crippen molar-refractivity contribution >= 4 is 50.0 Å². The zero-order valence-corrected chi connectivity index (χ0v) is 19.3. The summed E-state index contributed by atoms with van der Waals surface area (Å²) in [5.41, 5.74) is 1.63. The summed E-state index contributed by atoms with van der Waals surface area (Å²) >= 11 is 1.33. The van der Waals surface area contributed by atoms with E-state index in [1.807, 2.05) is 0 Å².